The van der Waals surface area contributed by atoms with Gasteiger partial charge in [-0.15, -0.1) is 0 Å². The monoisotopic (exact) mass is 299 g/mol. The Balaban J connectivity index is 2.07. The average molecular weight is 299 g/mol. The maximum absolute atomic E-state index is 12.4. The molecule has 1 saturated heterocycles. The highest BCUT2D eigenvalue weighted by Crippen LogP contribution is 2.20. The lowest BCUT2D eigenvalue weighted by Gasteiger charge is -2.26. The summed E-state index contributed by atoms with van der Waals surface area (Å²) in [5.41, 5.74) is 0.701. The van der Waals surface area contributed by atoms with Gasteiger partial charge in [0.05, 0.1) is 18.1 Å². The first-order valence-electron chi connectivity index (χ1n) is 6.78. The molecular weight excluding hydrogens is 278 g/mol. The Labute approximate surface area is 120 Å². The Bertz CT molecular complexity index is 521. The van der Waals surface area contributed by atoms with Gasteiger partial charge in [-0.2, -0.15) is 0 Å². The van der Waals surface area contributed by atoms with Crippen LogP contribution >= 0.6 is 0 Å². The van der Waals surface area contributed by atoms with Crippen LogP contribution in [0.1, 0.15) is 18.4 Å². The van der Waals surface area contributed by atoms with E-state index in [0.717, 1.165) is 19.4 Å². The third-order valence-electron chi connectivity index (χ3n) is 3.58. The predicted molar refractivity (Wildman–Crippen MR) is 75.7 cm³/mol. The Hall–Kier alpha value is -0.950. The van der Waals surface area contributed by atoms with Crippen molar-refractivity contribution in [3.05, 3.63) is 29.8 Å². The molecule has 1 N–H and O–H groups in total. The smallest absolute Gasteiger partial charge is 0.242 e. The normalized spacial score (nSPS) is 20.2. The standard InChI is InChI=1S/C14H21NO4S/c1-15(9-13-3-2-8-19-11-13)20(17,18)14-6-4-12(10-16)5-7-14/h4-7,13,16H,2-3,8-11H2,1H3. The number of rotatable bonds is 5. The highest BCUT2D eigenvalue weighted by Gasteiger charge is 2.24. The molecule has 1 aliphatic rings. The predicted octanol–water partition coefficient (Wildman–Crippen LogP) is 1.23. The first-order chi connectivity index (χ1) is 9.54. The van der Waals surface area contributed by atoms with E-state index in [-0.39, 0.29) is 17.4 Å². The molecule has 1 heterocycles. The second-order valence-electron chi connectivity index (χ2n) is 5.17. The summed E-state index contributed by atoms with van der Waals surface area (Å²) >= 11 is 0. The number of aliphatic hydroxyl groups excluding tert-OH is 1. The van der Waals surface area contributed by atoms with Crippen molar-refractivity contribution in [3.8, 4) is 0 Å². The van der Waals surface area contributed by atoms with E-state index in [1.165, 1.54) is 16.4 Å². The van der Waals surface area contributed by atoms with E-state index in [0.29, 0.717) is 18.7 Å². The third-order valence-corrected chi connectivity index (χ3v) is 5.42. The van der Waals surface area contributed by atoms with Crippen LogP contribution in [0, 0.1) is 5.92 Å². The van der Waals surface area contributed by atoms with Crippen molar-refractivity contribution in [2.24, 2.45) is 5.92 Å². The zero-order valence-electron chi connectivity index (χ0n) is 11.7. The van der Waals surface area contributed by atoms with Gasteiger partial charge >= 0.3 is 0 Å². The minimum Gasteiger partial charge on any atom is -0.392 e. The molecule has 1 aromatic carbocycles. The number of hydrogen-bond donors (Lipinski definition) is 1. The van der Waals surface area contributed by atoms with Crippen molar-refractivity contribution in [1.82, 2.24) is 4.31 Å². The molecule has 5 nitrogen and oxygen atoms in total. The lowest BCUT2D eigenvalue weighted by atomic mass is 10.0. The van der Waals surface area contributed by atoms with E-state index in [1.54, 1.807) is 19.2 Å². The van der Waals surface area contributed by atoms with Gasteiger partial charge in [0.1, 0.15) is 0 Å². The summed E-state index contributed by atoms with van der Waals surface area (Å²) in [4.78, 5) is 0.258. The Kier molecular flexibility index (Phi) is 5.15. The number of aliphatic hydroxyl groups is 1. The largest absolute Gasteiger partial charge is 0.392 e. The van der Waals surface area contributed by atoms with Crippen molar-refractivity contribution in [3.63, 3.8) is 0 Å². The molecule has 0 aromatic heterocycles. The quantitative estimate of drug-likeness (QED) is 0.888. The van der Waals surface area contributed by atoms with Crippen molar-refractivity contribution in [2.45, 2.75) is 24.3 Å². The second-order valence-corrected chi connectivity index (χ2v) is 7.22. The van der Waals surface area contributed by atoms with Gasteiger partial charge in [0, 0.05) is 20.2 Å². The van der Waals surface area contributed by atoms with Crippen LogP contribution in [0.5, 0.6) is 0 Å². The molecule has 0 spiro atoms. The first-order valence-corrected chi connectivity index (χ1v) is 8.22. The number of hydrogen-bond acceptors (Lipinski definition) is 4. The molecule has 1 atom stereocenters. The van der Waals surface area contributed by atoms with Crippen LogP contribution in [-0.4, -0.2) is 44.6 Å². The number of sulfonamides is 1. The Morgan fingerprint density at radius 1 is 1.35 bits per heavy atom. The summed E-state index contributed by atoms with van der Waals surface area (Å²) in [7, 11) is -1.87. The first kappa shape index (κ1) is 15.4. The van der Waals surface area contributed by atoms with E-state index in [9.17, 15) is 8.42 Å². The molecule has 1 aromatic rings. The molecule has 1 unspecified atom stereocenters. The number of benzene rings is 1. The van der Waals surface area contributed by atoms with E-state index < -0.39 is 10.0 Å². The molecule has 0 aliphatic carbocycles. The van der Waals surface area contributed by atoms with Gasteiger partial charge in [-0.25, -0.2) is 12.7 Å². The molecule has 0 saturated carbocycles. The van der Waals surface area contributed by atoms with Crippen LogP contribution in [0.25, 0.3) is 0 Å². The fourth-order valence-electron chi connectivity index (χ4n) is 2.36. The highest BCUT2D eigenvalue weighted by atomic mass is 32.2. The molecule has 1 fully saturated rings. The topological polar surface area (TPSA) is 66.8 Å². The minimum absolute atomic E-state index is 0.0877. The molecule has 0 radical (unpaired) electrons. The zero-order valence-corrected chi connectivity index (χ0v) is 12.5. The Morgan fingerprint density at radius 2 is 2.05 bits per heavy atom. The molecule has 1 aliphatic heterocycles. The van der Waals surface area contributed by atoms with E-state index in [4.69, 9.17) is 9.84 Å². The van der Waals surface area contributed by atoms with E-state index in [2.05, 4.69) is 0 Å². The summed E-state index contributed by atoms with van der Waals surface area (Å²) in [6.07, 6.45) is 1.99. The summed E-state index contributed by atoms with van der Waals surface area (Å²) < 4.78 is 31.6. The lowest BCUT2D eigenvalue weighted by molar-refractivity contribution is 0.0495. The highest BCUT2D eigenvalue weighted by molar-refractivity contribution is 7.89. The average Bonchev–Trinajstić information content (AvgIpc) is 2.48. The minimum atomic E-state index is -3.47. The van der Waals surface area contributed by atoms with Gasteiger partial charge in [0.15, 0.2) is 0 Å². The molecular formula is C14H21NO4S. The second kappa shape index (κ2) is 6.67. The van der Waals surface area contributed by atoms with Crippen molar-refractivity contribution < 1.29 is 18.3 Å². The summed E-state index contributed by atoms with van der Waals surface area (Å²) in [5, 5.41) is 8.98. The molecule has 112 valence electrons. The van der Waals surface area contributed by atoms with Crippen LogP contribution in [0.15, 0.2) is 29.2 Å². The van der Waals surface area contributed by atoms with Crippen molar-refractivity contribution in [1.29, 1.82) is 0 Å². The van der Waals surface area contributed by atoms with E-state index >= 15 is 0 Å². The zero-order chi connectivity index (χ0) is 14.6. The van der Waals surface area contributed by atoms with Crippen LogP contribution < -0.4 is 0 Å². The molecule has 20 heavy (non-hydrogen) atoms. The third kappa shape index (κ3) is 3.58. The van der Waals surface area contributed by atoms with Crippen molar-refractivity contribution in [2.75, 3.05) is 26.8 Å². The van der Waals surface area contributed by atoms with Crippen molar-refractivity contribution >= 4 is 10.0 Å². The summed E-state index contributed by atoms with van der Waals surface area (Å²) in [6, 6.07) is 6.33. The van der Waals surface area contributed by atoms with Gasteiger partial charge in [0.25, 0.3) is 0 Å². The SMILES string of the molecule is CN(CC1CCCOC1)S(=O)(=O)c1ccc(CO)cc1. The molecule has 6 heteroatoms. The van der Waals surface area contributed by atoms with Crippen LogP contribution in [0.4, 0.5) is 0 Å². The summed E-state index contributed by atoms with van der Waals surface area (Å²) in [5.74, 6) is 0.264. The van der Waals surface area contributed by atoms with Gasteiger partial charge in [0.2, 0.25) is 10.0 Å². The number of ether oxygens (including phenoxy) is 1. The Morgan fingerprint density at radius 3 is 2.60 bits per heavy atom. The molecule has 0 amide bonds. The number of nitrogens with zero attached hydrogens (tertiary/aromatic N) is 1. The van der Waals surface area contributed by atoms with Crippen LogP contribution in [0.2, 0.25) is 0 Å². The fourth-order valence-corrected chi connectivity index (χ4v) is 3.61. The van der Waals surface area contributed by atoms with Gasteiger partial charge in [-0.1, -0.05) is 12.1 Å². The van der Waals surface area contributed by atoms with Crippen LogP contribution in [-0.2, 0) is 21.4 Å². The van der Waals surface area contributed by atoms with Gasteiger partial charge < -0.3 is 9.84 Å². The lowest BCUT2D eigenvalue weighted by Crippen LogP contribution is -2.35. The maximum Gasteiger partial charge on any atom is 0.242 e. The van der Waals surface area contributed by atoms with Gasteiger partial charge in [-0.05, 0) is 36.5 Å². The van der Waals surface area contributed by atoms with E-state index in [1.807, 2.05) is 0 Å². The maximum atomic E-state index is 12.4. The van der Waals surface area contributed by atoms with Gasteiger partial charge in [-0.3, -0.25) is 0 Å². The van der Waals surface area contributed by atoms with Crippen LogP contribution in [0.3, 0.4) is 0 Å². The summed E-state index contributed by atoms with van der Waals surface area (Å²) in [6.45, 7) is 1.79. The molecule has 2 rings (SSSR count). The fraction of sp³-hybridized carbons (Fsp3) is 0.571. The molecule has 0 bridgehead atoms.